The van der Waals surface area contributed by atoms with Crippen LogP contribution in [0.3, 0.4) is 0 Å². The van der Waals surface area contributed by atoms with Crippen LogP contribution in [0.15, 0.2) is 0 Å². The van der Waals surface area contributed by atoms with Gasteiger partial charge in [0.1, 0.15) is 0 Å². The molecule has 0 bridgehead atoms. The molecule has 0 aromatic heterocycles. The third kappa shape index (κ3) is 4.13. The summed E-state index contributed by atoms with van der Waals surface area (Å²) in [5.41, 5.74) is 0.434. The summed E-state index contributed by atoms with van der Waals surface area (Å²) in [4.78, 5) is 11.9. The van der Waals surface area contributed by atoms with E-state index in [0.29, 0.717) is 17.3 Å². The zero-order chi connectivity index (χ0) is 12.3. The Morgan fingerprint density at radius 2 is 1.94 bits per heavy atom. The molecular weight excluding hydrogens is 248 g/mol. The lowest BCUT2D eigenvalue weighted by Gasteiger charge is -2.24. The quantitative estimate of drug-likeness (QED) is 0.808. The largest absolute Gasteiger partial charge is 0.356 e. The van der Waals surface area contributed by atoms with E-state index in [-0.39, 0.29) is 18.3 Å². The van der Waals surface area contributed by atoms with Crippen LogP contribution in [0.1, 0.15) is 46.0 Å². The summed E-state index contributed by atoms with van der Waals surface area (Å²) >= 11 is 0. The lowest BCUT2D eigenvalue weighted by atomic mass is 9.91. The molecule has 2 aliphatic rings. The van der Waals surface area contributed by atoms with Gasteiger partial charge < -0.3 is 10.6 Å². The van der Waals surface area contributed by atoms with Gasteiger partial charge in [-0.25, -0.2) is 0 Å². The van der Waals surface area contributed by atoms with Gasteiger partial charge in [-0.1, -0.05) is 13.8 Å². The minimum Gasteiger partial charge on any atom is -0.356 e. The molecule has 0 atom stereocenters. The van der Waals surface area contributed by atoms with Crippen molar-refractivity contribution in [2.45, 2.75) is 46.0 Å². The van der Waals surface area contributed by atoms with Crippen molar-refractivity contribution in [3.8, 4) is 0 Å². The van der Waals surface area contributed by atoms with Gasteiger partial charge >= 0.3 is 0 Å². The van der Waals surface area contributed by atoms with Gasteiger partial charge in [0, 0.05) is 13.0 Å². The van der Waals surface area contributed by atoms with Crippen LogP contribution in [0, 0.1) is 17.3 Å². The molecule has 1 saturated carbocycles. The van der Waals surface area contributed by atoms with Gasteiger partial charge in [-0.3, -0.25) is 4.79 Å². The minimum atomic E-state index is 0. The maximum atomic E-state index is 11.9. The third-order valence-electron chi connectivity index (χ3n) is 4.69. The van der Waals surface area contributed by atoms with Crippen molar-refractivity contribution in [2.24, 2.45) is 17.3 Å². The van der Waals surface area contributed by atoms with Crippen LogP contribution in [0.4, 0.5) is 0 Å². The predicted octanol–water partition coefficient (Wildman–Crippen LogP) is 2.35. The number of amides is 1. The Hall–Kier alpha value is -0.280. The topological polar surface area (TPSA) is 41.1 Å². The van der Waals surface area contributed by atoms with E-state index in [1.165, 1.54) is 12.8 Å². The number of hydrogen-bond acceptors (Lipinski definition) is 2. The standard InChI is InChI=1S/C14H26N2O.ClH/c1-11(2)14(5-6-14)10-16-13(17)9-12-3-7-15-8-4-12;/h11-12,15H,3-10H2,1-2H3,(H,16,17);1H. The van der Waals surface area contributed by atoms with Gasteiger partial charge in [0.2, 0.25) is 5.91 Å². The molecule has 1 heterocycles. The van der Waals surface area contributed by atoms with Crippen molar-refractivity contribution in [1.82, 2.24) is 10.6 Å². The fraction of sp³-hybridized carbons (Fsp3) is 0.929. The highest BCUT2D eigenvalue weighted by Gasteiger charge is 2.45. The third-order valence-corrected chi connectivity index (χ3v) is 4.69. The van der Waals surface area contributed by atoms with E-state index in [1.807, 2.05) is 0 Å². The van der Waals surface area contributed by atoms with E-state index < -0.39 is 0 Å². The Kier molecular flexibility index (Phi) is 5.93. The van der Waals surface area contributed by atoms with Crippen molar-refractivity contribution < 1.29 is 4.79 Å². The Morgan fingerprint density at radius 3 is 2.44 bits per heavy atom. The van der Waals surface area contributed by atoms with Crippen molar-refractivity contribution in [2.75, 3.05) is 19.6 Å². The van der Waals surface area contributed by atoms with Crippen LogP contribution < -0.4 is 10.6 Å². The van der Waals surface area contributed by atoms with Crippen LogP contribution in [0.25, 0.3) is 0 Å². The van der Waals surface area contributed by atoms with Gasteiger partial charge in [-0.2, -0.15) is 0 Å². The number of halogens is 1. The lowest BCUT2D eigenvalue weighted by molar-refractivity contribution is -0.122. The SMILES string of the molecule is CC(C)C1(CNC(=O)CC2CCNCC2)CC1.Cl. The monoisotopic (exact) mass is 274 g/mol. The molecule has 0 aromatic rings. The average molecular weight is 275 g/mol. The fourth-order valence-corrected chi connectivity index (χ4v) is 2.81. The molecule has 1 amide bonds. The van der Waals surface area contributed by atoms with Crippen molar-refractivity contribution >= 4 is 18.3 Å². The highest BCUT2D eigenvalue weighted by Crippen LogP contribution is 2.51. The first-order valence-electron chi connectivity index (χ1n) is 7.10. The summed E-state index contributed by atoms with van der Waals surface area (Å²) in [5, 5.41) is 6.49. The summed E-state index contributed by atoms with van der Waals surface area (Å²) in [6.07, 6.45) is 5.62. The normalized spacial score (nSPS) is 22.4. The first kappa shape index (κ1) is 15.8. The van der Waals surface area contributed by atoms with Crippen molar-refractivity contribution in [3.63, 3.8) is 0 Å². The molecule has 0 radical (unpaired) electrons. The van der Waals surface area contributed by atoms with Crippen LogP contribution in [0.2, 0.25) is 0 Å². The van der Waals surface area contributed by atoms with Crippen molar-refractivity contribution in [1.29, 1.82) is 0 Å². The summed E-state index contributed by atoms with van der Waals surface area (Å²) in [5.74, 6) is 1.57. The van der Waals surface area contributed by atoms with E-state index in [0.717, 1.165) is 38.9 Å². The van der Waals surface area contributed by atoms with Crippen LogP contribution in [0.5, 0.6) is 0 Å². The second-order valence-electron chi connectivity index (χ2n) is 6.19. The number of hydrogen-bond donors (Lipinski definition) is 2. The van der Waals surface area contributed by atoms with Crippen molar-refractivity contribution in [3.05, 3.63) is 0 Å². The summed E-state index contributed by atoms with van der Waals surface area (Å²) < 4.78 is 0. The molecule has 3 nitrogen and oxygen atoms in total. The zero-order valence-electron chi connectivity index (χ0n) is 11.6. The van der Waals surface area contributed by atoms with Gasteiger partial charge in [0.15, 0.2) is 0 Å². The second kappa shape index (κ2) is 6.76. The first-order chi connectivity index (χ1) is 8.12. The number of rotatable bonds is 5. The molecule has 0 spiro atoms. The van der Waals surface area contributed by atoms with E-state index >= 15 is 0 Å². The molecule has 106 valence electrons. The highest BCUT2D eigenvalue weighted by molar-refractivity contribution is 5.85. The number of carbonyl (C=O) groups is 1. The van der Waals surface area contributed by atoms with Gasteiger partial charge in [-0.15, -0.1) is 12.4 Å². The molecule has 2 rings (SSSR count). The number of nitrogens with one attached hydrogen (secondary N) is 2. The van der Waals surface area contributed by atoms with Gasteiger partial charge in [0.05, 0.1) is 0 Å². The maximum Gasteiger partial charge on any atom is 0.220 e. The first-order valence-corrected chi connectivity index (χ1v) is 7.10. The van der Waals surface area contributed by atoms with E-state index in [4.69, 9.17) is 0 Å². The lowest BCUT2D eigenvalue weighted by Crippen LogP contribution is -2.35. The number of piperidine rings is 1. The number of carbonyl (C=O) groups excluding carboxylic acids is 1. The summed E-state index contributed by atoms with van der Waals surface area (Å²) in [6.45, 7) is 7.59. The zero-order valence-corrected chi connectivity index (χ0v) is 12.4. The average Bonchev–Trinajstić information content (AvgIpc) is 3.09. The van der Waals surface area contributed by atoms with Gasteiger partial charge in [-0.05, 0) is 56.0 Å². The van der Waals surface area contributed by atoms with Crippen LogP contribution >= 0.6 is 12.4 Å². The Labute approximate surface area is 117 Å². The molecule has 1 aliphatic heterocycles. The molecule has 2 N–H and O–H groups in total. The summed E-state index contributed by atoms with van der Waals surface area (Å²) in [6, 6.07) is 0. The highest BCUT2D eigenvalue weighted by atomic mass is 35.5. The van der Waals surface area contributed by atoms with Gasteiger partial charge in [0.25, 0.3) is 0 Å². The minimum absolute atomic E-state index is 0. The Balaban J connectivity index is 0.00000162. The maximum absolute atomic E-state index is 11.9. The molecule has 1 saturated heterocycles. The summed E-state index contributed by atoms with van der Waals surface area (Å²) in [7, 11) is 0. The molecule has 1 aliphatic carbocycles. The molecular formula is C14H27ClN2O. The molecule has 0 aromatic carbocycles. The van der Waals surface area contributed by atoms with Crippen LogP contribution in [-0.4, -0.2) is 25.5 Å². The smallest absolute Gasteiger partial charge is 0.220 e. The molecule has 4 heteroatoms. The van der Waals surface area contributed by atoms with Crippen LogP contribution in [-0.2, 0) is 4.79 Å². The molecule has 0 unspecified atom stereocenters. The van der Waals surface area contributed by atoms with E-state index in [9.17, 15) is 4.79 Å². The predicted molar refractivity (Wildman–Crippen MR) is 77.0 cm³/mol. The Bertz CT molecular complexity index is 271. The fourth-order valence-electron chi connectivity index (χ4n) is 2.81. The van der Waals surface area contributed by atoms with E-state index in [2.05, 4.69) is 24.5 Å². The second-order valence-corrected chi connectivity index (χ2v) is 6.19. The molecule has 18 heavy (non-hydrogen) atoms. The Morgan fingerprint density at radius 1 is 1.33 bits per heavy atom. The molecule has 2 fully saturated rings. The van der Waals surface area contributed by atoms with E-state index in [1.54, 1.807) is 0 Å².